The second-order valence-electron chi connectivity index (χ2n) is 5.40. The van der Waals surface area contributed by atoms with Crippen LogP contribution in [0.1, 0.15) is 15.9 Å². The minimum atomic E-state index is -0.654. The van der Waals surface area contributed by atoms with Crippen molar-refractivity contribution in [1.82, 2.24) is 5.32 Å². The Kier molecular flexibility index (Phi) is 7.16. The number of carbonyl (C=O) groups is 2. The van der Waals surface area contributed by atoms with Crippen molar-refractivity contribution in [2.24, 2.45) is 0 Å². The standard InChI is InChI=1S/C18H18N2O5S/c1-13-2-5-15(6-3-13)26-9-8-19-18(22)12-25-17-7-4-14(11-21)10-16(17)20(23)24/h2-7,10-11H,8-9,12H2,1H3,(H,19,22). The molecule has 0 fully saturated rings. The normalized spacial score (nSPS) is 10.2. The first-order valence-electron chi connectivity index (χ1n) is 7.82. The van der Waals surface area contributed by atoms with Gasteiger partial charge in [-0.15, -0.1) is 11.8 Å². The lowest BCUT2D eigenvalue weighted by atomic mass is 10.2. The molecular weight excluding hydrogens is 356 g/mol. The van der Waals surface area contributed by atoms with E-state index in [0.717, 1.165) is 11.0 Å². The molecule has 1 N–H and O–H groups in total. The smallest absolute Gasteiger partial charge is 0.311 e. The molecule has 0 aliphatic carbocycles. The van der Waals surface area contributed by atoms with Crippen molar-refractivity contribution in [2.75, 3.05) is 18.9 Å². The summed E-state index contributed by atoms with van der Waals surface area (Å²) in [6.07, 6.45) is 0.509. The third-order valence-electron chi connectivity index (χ3n) is 3.39. The Labute approximate surface area is 154 Å². The molecule has 0 unspecified atom stereocenters. The van der Waals surface area contributed by atoms with Crippen molar-refractivity contribution in [3.05, 3.63) is 63.7 Å². The van der Waals surface area contributed by atoms with Crippen molar-refractivity contribution in [2.45, 2.75) is 11.8 Å². The number of nitro groups is 1. The summed E-state index contributed by atoms with van der Waals surface area (Å²) in [5, 5.41) is 13.7. The summed E-state index contributed by atoms with van der Waals surface area (Å²) in [4.78, 5) is 34.0. The number of rotatable bonds is 9. The predicted octanol–water partition coefficient (Wildman–Crippen LogP) is 3.00. The molecule has 2 rings (SSSR count). The molecular formula is C18H18N2O5S. The van der Waals surface area contributed by atoms with Crippen LogP contribution < -0.4 is 10.1 Å². The van der Waals surface area contributed by atoms with Gasteiger partial charge in [0.1, 0.15) is 6.29 Å². The molecule has 1 amide bonds. The van der Waals surface area contributed by atoms with E-state index in [1.54, 1.807) is 11.8 Å². The zero-order valence-corrected chi connectivity index (χ0v) is 15.0. The largest absolute Gasteiger partial charge is 0.477 e. The summed E-state index contributed by atoms with van der Waals surface area (Å²) in [6, 6.07) is 11.9. The highest BCUT2D eigenvalue weighted by molar-refractivity contribution is 7.99. The maximum atomic E-state index is 11.8. The maximum Gasteiger partial charge on any atom is 0.311 e. The number of ether oxygens (including phenoxy) is 1. The molecule has 0 aromatic heterocycles. The number of aryl methyl sites for hydroxylation is 1. The fraction of sp³-hybridized carbons (Fsp3) is 0.222. The molecule has 2 aromatic rings. The minimum Gasteiger partial charge on any atom is -0.477 e. The van der Waals surface area contributed by atoms with Crippen molar-refractivity contribution in [1.29, 1.82) is 0 Å². The molecule has 0 saturated carbocycles. The van der Waals surface area contributed by atoms with E-state index in [4.69, 9.17) is 4.74 Å². The molecule has 0 saturated heterocycles. The van der Waals surface area contributed by atoms with Gasteiger partial charge >= 0.3 is 5.69 Å². The topological polar surface area (TPSA) is 98.5 Å². The number of nitrogens with zero attached hydrogens (tertiary/aromatic N) is 1. The van der Waals surface area contributed by atoms with E-state index in [-0.39, 0.29) is 29.5 Å². The molecule has 136 valence electrons. The van der Waals surface area contributed by atoms with Crippen LogP contribution in [-0.2, 0) is 4.79 Å². The van der Waals surface area contributed by atoms with E-state index < -0.39 is 4.92 Å². The van der Waals surface area contributed by atoms with Crippen LogP contribution in [0.2, 0.25) is 0 Å². The van der Waals surface area contributed by atoms with E-state index in [1.807, 2.05) is 31.2 Å². The summed E-state index contributed by atoms with van der Waals surface area (Å²) in [7, 11) is 0. The Balaban J connectivity index is 1.77. The van der Waals surface area contributed by atoms with E-state index in [1.165, 1.54) is 17.7 Å². The molecule has 7 nitrogen and oxygen atoms in total. The number of aldehydes is 1. The van der Waals surface area contributed by atoms with Crippen LogP contribution in [0.3, 0.4) is 0 Å². The number of hydrogen-bond acceptors (Lipinski definition) is 6. The van der Waals surface area contributed by atoms with Crippen LogP contribution in [0.15, 0.2) is 47.4 Å². The predicted molar refractivity (Wildman–Crippen MR) is 98.9 cm³/mol. The van der Waals surface area contributed by atoms with Gasteiger partial charge in [-0.2, -0.15) is 0 Å². The molecule has 0 aliphatic heterocycles. The van der Waals surface area contributed by atoms with E-state index in [2.05, 4.69) is 5.32 Å². The van der Waals surface area contributed by atoms with Gasteiger partial charge in [0.25, 0.3) is 5.91 Å². The third-order valence-corrected chi connectivity index (χ3v) is 4.40. The minimum absolute atomic E-state index is 0.0511. The Morgan fingerprint density at radius 1 is 1.27 bits per heavy atom. The molecule has 0 spiro atoms. The average Bonchev–Trinajstić information content (AvgIpc) is 2.64. The zero-order valence-electron chi connectivity index (χ0n) is 14.1. The second-order valence-corrected chi connectivity index (χ2v) is 6.57. The Morgan fingerprint density at radius 2 is 2.00 bits per heavy atom. The molecule has 0 atom stereocenters. The third kappa shape index (κ3) is 5.89. The molecule has 0 radical (unpaired) electrons. The Hall–Kier alpha value is -2.87. The van der Waals surface area contributed by atoms with Crippen molar-refractivity contribution in [3.63, 3.8) is 0 Å². The average molecular weight is 374 g/mol. The van der Waals surface area contributed by atoms with Crippen LogP contribution in [0.5, 0.6) is 5.75 Å². The van der Waals surface area contributed by atoms with E-state index in [0.29, 0.717) is 18.6 Å². The van der Waals surface area contributed by atoms with Crippen LogP contribution in [0.25, 0.3) is 0 Å². The Morgan fingerprint density at radius 3 is 2.65 bits per heavy atom. The monoisotopic (exact) mass is 374 g/mol. The van der Waals surface area contributed by atoms with Crippen molar-refractivity contribution < 1.29 is 19.2 Å². The first kappa shape index (κ1) is 19.5. The lowest BCUT2D eigenvalue weighted by Gasteiger charge is -2.08. The number of thioether (sulfide) groups is 1. The van der Waals surface area contributed by atoms with Gasteiger partial charge in [-0.3, -0.25) is 19.7 Å². The van der Waals surface area contributed by atoms with Gasteiger partial charge in [-0.05, 0) is 31.2 Å². The number of hydrogen-bond donors (Lipinski definition) is 1. The molecule has 0 bridgehead atoms. The summed E-state index contributed by atoms with van der Waals surface area (Å²) in [6.45, 7) is 2.13. The second kappa shape index (κ2) is 9.57. The molecule has 0 aliphatic rings. The van der Waals surface area contributed by atoms with Crippen molar-refractivity contribution in [3.8, 4) is 5.75 Å². The van der Waals surface area contributed by atoms with Gasteiger partial charge in [0.15, 0.2) is 12.4 Å². The van der Waals surface area contributed by atoms with Gasteiger partial charge < -0.3 is 10.1 Å². The zero-order chi connectivity index (χ0) is 18.9. The van der Waals surface area contributed by atoms with E-state index in [9.17, 15) is 19.7 Å². The van der Waals surface area contributed by atoms with Gasteiger partial charge in [0.05, 0.1) is 4.92 Å². The van der Waals surface area contributed by atoms with Gasteiger partial charge in [0, 0.05) is 28.8 Å². The number of benzene rings is 2. The first-order valence-corrected chi connectivity index (χ1v) is 8.80. The SMILES string of the molecule is Cc1ccc(SCCNC(=O)COc2ccc(C=O)cc2[N+](=O)[O-])cc1. The van der Waals surface area contributed by atoms with Gasteiger partial charge in [-0.25, -0.2) is 0 Å². The van der Waals surface area contributed by atoms with Crippen LogP contribution in [-0.4, -0.2) is 36.0 Å². The summed E-state index contributed by atoms with van der Waals surface area (Å²) >= 11 is 1.62. The maximum absolute atomic E-state index is 11.8. The number of nitro benzene ring substituents is 1. The Bertz CT molecular complexity index is 793. The number of carbonyl (C=O) groups excluding carboxylic acids is 2. The summed E-state index contributed by atoms with van der Waals surface area (Å²) in [5.41, 5.74) is 1.01. The highest BCUT2D eigenvalue weighted by Crippen LogP contribution is 2.27. The molecule has 26 heavy (non-hydrogen) atoms. The molecule has 8 heteroatoms. The fourth-order valence-corrected chi connectivity index (χ4v) is 2.83. The summed E-state index contributed by atoms with van der Waals surface area (Å²) in [5.74, 6) is 0.274. The van der Waals surface area contributed by atoms with Crippen LogP contribution in [0.4, 0.5) is 5.69 Å². The quantitative estimate of drug-likeness (QED) is 0.238. The lowest BCUT2D eigenvalue weighted by Crippen LogP contribution is -2.30. The number of amides is 1. The highest BCUT2D eigenvalue weighted by Gasteiger charge is 2.17. The van der Waals surface area contributed by atoms with Crippen molar-refractivity contribution >= 4 is 29.6 Å². The van der Waals surface area contributed by atoms with Crippen LogP contribution >= 0.6 is 11.8 Å². The van der Waals surface area contributed by atoms with E-state index >= 15 is 0 Å². The highest BCUT2D eigenvalue weighted by atomic mass is 32.2. The number of nitrogens with one attached hydrogen (secondary N) is 1. The summed E-state index contributed by atoms with van der Waals surface area (Å²) < 4.78 is 5.21. The van der Waals surface area contributed by atoms with Gasteiger partial charge in [-0.1, -0.05) is 17.7 Å². The lowest BCUT2D eigenvalue weighted by molar-refractivity contribution is -0.385. The molecule has 2 aromatic carbocycles. The fourth-order valence-electron chi connectivity index (χ4n) is 2.06. The van der Waals surface area contributed by atoms with Gasteiger partial charge in [0.2, 0.25) is 0 Å². The molecule has 0 heterocycles. The first-order chi connectivity index (χ1) is 12.5. The van der Waals surface area contributed by atoms with Crippen LogP contribution in [0, 0.1) is 17.0 Å².